The third-order valence-electron chi connectivity index (χ3n) is 5.69. The van der Waals surface area contributed by atoms with Crippen LogP contribution >= 0.6 is 0 Å². The summed E-state index contributed by atoms with van der Waals surface area (Å²) in [6.07, 6.45) is 3.76. The van der Waals surface area contributed by atoms with Gasteiger partial charge in [-0.05, 0) is 59.7 Å². The summed E-state index contributed by atoms with van der Waals surface area (Å²) in [4.78, 5) is 38.2. The van der Waals surface area contributed by atoms with Crippen LogP contribution in [0.2, 0.25) is 0 Å². The lowest BCUT2D eigenvalue weighted by molar-refractivity contribution is -0.384. The van der Waals surface area contributed by atoms with Crippen LogP contribution in [0.4, 0.5) is 11.4 Å². The van der Waals surface area contributed by atoms with Gasteiger partial charge in [0, 0.05) is 12.1 Å². The number of nitro benzene ring substituents is 1. The van der Waals surface area contributed by atoms with Gasteiger partial charge in [-0.1, -0.05) is 24.3 Å². The maximum Gasteiger partial charge on any atom is 0.269 e. The van der Waals surface area contributed by atoms with Crippen molar-refractivity contribution in [1.29, 1.82) is 0 Å². The zero-order valence-electron chi connectivity index (χ0n) is 15.0. The van der Waals surface area contributed by atoms with E-state index in [0.717, 1.165) is 46.9 Å². The molecule has 5 rings (SSSR count). The maximum absolute atomic E-state index is 13.3. The van der Waals surface area contributed by atoms with Gasteiger partial charge in [-0.3, -0.25) is 19.7 Å². The summed E-state index contributed by atoms with van der Waals surface area (Å²) in [7, 11) is 0. The molecule has 0 aromatic heterocycles. The lowest BCUT2D eigenvalue weighted by Gasteiger charge is -2.21. The molecule has 138 valence electrons. The number of fused-ring (bicyclic) bond motifs is 6. The molecule has 0 fully saturated rings. The van der Waals surface area contributed by atoms with Crippen LogP contribution in [0.5, 0.6) is 0 Å². The second-order valence-corrected chi connectivity index (χ2v) is 7.18. The molecule has 1 aliphatic carbocycles. The average molecular weight is 372 g/mol. The highest BCUT2D eigenvalue weighted by Crippen LogP contribution is 2.41. The zero-order valence-corrected chi connectivity index (χ0v) is 15.0. The van der Waals surface area contributed by atoms with Crippen LogP contribution in [0.25, 0.3) is 10.8 Å². The minimum atomic E-state index is -0.504. The van der Waals surface area contributed by atoms with E-state index < -0.39 is 4.92 Å². The van der Waals surface area contributed by atoms with Crippen LogP contribution < -0.4 is 4.90 Å². The van der Waals surface area contributed by atoms with Crippen molar-refractivity contribution in [3.8, 4) is 0 Å². The van der Waals surface area contributed by atoms with E-state index in [1.807, 2.05) is 24.3 Å². The minimum absolute atomic E-state index is 0.0804. The van der Waals surface area contributed by atoms with Gasteiger partial charge in [-0.25, -0.2) is 4.90 Å². The first-order valence-electron chi connectivity index (χ1n) is 9.27. The van der Waals surface area contributed by atoms with Crippen molar-refractivity contribution in [3.05, 3.63) is 80.9 Å². The minimum Gasteiger partial charge on any atom is -0.268 e. The number of rotatable bonds is 2. The van der Waals surface area contributed by atoms with E-state index in [9.17, 15) is 19.7 Å². The molecule has 0 saturated carbocycles. The second kappa shape index (κ2) is 5.99. The molecular formula is C22H16N2O4. The summed E-state index contributed by atoms with van der Waals surface area (Å²) in [5, 5.41) is 12.8. The topological polar surface area (TPSA) is 80.5 Å². The number of non-ortho nitro benzene ring substituents is 1. The number of hydrogen-bond donors (Lipinski definition) is 0. The quantitative estimate of drug-likeness (QED) is 0.379. The highest BCUT2D eigenvalue weighted by Gasteiger charge is 2.41. The van der Waals surface area contributed by atoms with Crippen molar-refractivity contribution < 1.29 is 14.5 Å². The van der Waals surface area contributed by atoms with Crippen LogP contribution in [0.15, 0.2) is 48.5 Å². The number of carbonyl (C=O) groups is 2. The van der Waals surface area contributed by atoms with Gasteiger partial charge in [-0.15, -0.1) is 0 Å². The van der Waals surface area contributed by atoms with E-state index in [0.29, 0.717) is 16.8 Å². The molecule has 0 unspecified atom stereocenters. The predicted octanol–water partition coefficient (Wildman–Crippen LogP) is 4.43. The largest absolute Gasteiger partial charge is 0.269 e. The van der Waals surface area contributed by atoms with Gasteiger partial charge >= 0.3 is 0 Å². The lowest BCUT2D eigenvalue weighted by Crippen LogP contribution is -2.29. The van der Waals surface area contributed by atoms with Gasteiger partial charge in [0.25, 0.3) is 17.5 Å². The number of carbonyl (C=O) groups excluding carboxylic acids is 2. The van der Waals surface area contributed by atoms with Crippen LogP contribution in [-0.2, 0) is 12.8 Å². The van der Waals surface area contributed by atoms with Crippen LogP contribution in [-0.4, -0.2) is 16.7 Å². The first-order chi connectivity index (χ1) is 13.6. The molecular weight excluding hydrogens is 356 g/mol. The van der Waals surface area contributed by atoms with Crippen molar-refractivity contribution >= 4 is 34.0 Å². The van der Waals surface area contributed by atoms with Gasteiger partial charge in [0.15, 0.2) is 0 Å². The van der Waals surface area contributed by atoms with Crippen LogP contribution in [0.3, 0.4) is 0 Å². The van der Waals surface area contributed by atoms with Crippen molar-refractivity contribution in [3.63, 3.8) is 0 Å². The standard InChI is InChI=1S/C22H16N2O4/c25-21-19-17-7-3-1-5-15(17)16-6-2-4-8-18(16)20(19)22(26)23(21)13-9-11-14(12-10-13)24(27)28/h1,3,5,7,9-12H,2,4,6,8H2. The molecule has 0 saturated heterocycles. The number of imide groups is 1. The van der Waals surface area contributed by atoms with E-state index in [2.05, 4.69) is 0 Å². The Bertz CT molecular complexity index is 1180. The smallest absolute Gasteiger partial charge is 0.268 e. The Morgan fingerprint density at radius 3 is 2.07 bits per heavy atom. The number of nitro groups is 1. The molecule has 0 N–H and O–H groups in total. The maximum atomic E-state index is 13.3. The summed E-state index contributed by atoms with van der Waals surface area (Å²) in [5.41, 5.74) is 3.40. The number of anilines is 1. The van der Waals surface area contributed by atoms with E-state index in [1.165, 1.54) is 29.8 Å². The van der Waals surface area contributed by atoms with Crippen LogP contribution in [0.1, 0.15) is 44.7 Å². The summed E-state index contributed by atoms with van der Waals surface area (Å²) in [5.74, 6) is -0.698. The Hall–Kier alpha value is -3.54. The van der Waals surface area contributed by atoms with Gasteiger partial charge < -0.3 is 0 Å². The van der Waals surface area contributed by atoms with E-state index in [-0.39, 0.29) is 17.5 Å². The molecule has 2 aliphatic rings. The second-order valence-electron chi connectivity index (χ2n) is 7.18. The Morgan fingerprint density at radius 1 is 0.786 bits per heavy atom. The van der Waals surface area contributed by atoms with Gasteiger partial charge in [0.05, 0.1) is 21.7 Å². The third kappa shape index (κ3) is 2.21. The average Bonchev–Trinajstić information content (AvgIpc) is 2.99. The van der Waals surface area contributed by atoms with Crippen molar-refractivity contribution in [1.82, 2.24) is 0 Å². The van der Waals surface area contributed by atoms with Gasteiger partial charge in [0.2, 0.25) is 0 Å². The fourth-order valence-corrected chi connectivity index (χ4v) is 4.46. The Morgan fingerprint density at radius 2 is 1.39 bits per heavy atom. The molecule has 2 amide bonds. The molecule has 28 heavy (non-hydrogen) atoms. The summed E-state index contributed by atoms with van der Waals surface area (Å²) < 4.78 is 0. The van der Waals surface area contributed by atoms with Crippen LogP contribution in [0, 0.1) is 10.1 Å². The van der Waals surface area contributed by atoms with Gasteiger partial charge in [-0.2, -0.15) is 0 Å². The van der Waals surface area contributed by atoms with E-state index in [4.69, 9.17) is 0 Å². The summed E-state index contributed by atoms with van der Waals surface area (Å²) in [6, 6.07) is 13.3. The molecule has 1 heterocycles. The molecule has 6 nitrogen and oxygen atoms in total. The number of nitrogens with zero attached hydrogens (tertiary/aromatic N) is 2. The monoisotopic (exact) mass is 372 g/mol. The normalized spacial score (nSPS) is 15.6. The zero-order chi connectivity index (χ0) is 19.4. The van der Waals surface area contributed by atoms with E-state index in [1.54, 1.807) is 0 Å². The summed E-state index contributed by atoms with van der Waals surface area (Å²) >= 11 is 0. The number of hydrogen-bond acceptors (Lipinski definition) is 4. The first kappa shape index (κ1) is 16.6. The Labute approximate surface area is 160 Å². The Kier molecular flexibility index (Phi) is 3.55. The SMILES string of the molecule is O=C1c2c3c(c4ccccc4c2C(=O)N1c1ccc([N+](=O)[O-])cc1)CCCC3. The molecule has 3 aromatic carbocycles. The molecule has 0 atom stereocenters. The number of benzene rings is 3. The van der Waals surface area contributed by atoms with Gasteiger partial charge in [0.1, 0.15) is 0 Å². The molecule has 6 heteroatoms. The fourth-order valence-electron chi connectivity index (χ4n) is 4.46. The molecule has 0 bridgehead atoms. The van der Waals surface area contributed by atoms with Crippen molar-refractivity contribution in [2.24, 2.45) is 0 Å². The first-order valence-corrected chi connectivity index (χ1v) is 9.27. The lowest BCUT2D eigenvalue weighted by atomic mass is 9.82. The number of amides is 2. The summed E-state index contributed by atoms with van der Waals surface area (Å²) in [6.45, 7) is 0. The highest BCUT2D eigenvalue weighted by molar-refractivity contribution is 6.38. The van der Waals surface area contributed by atoms with Crippen molar-refractivity contribution in [2.75, 3.05) is 4.90 Å². The molecule has 1 aliphatic heterocycles. The Balaban J connectivity index is 1.73. The molecule has 3 aromatic rings. The fraction of sp³-hybridized carbons (Fsp3) is 0.182. The van der Waals surface area contributed by atoms with E-state index >= 15 is 0 Å². The number of aryl methyl sites for hydroxylation is 1. The molecule has 0 spiro atoms. The molecule has 0 radical (unpaired) electrons. The highest BCUT2D eigenvalue weighted by atomic mass is 16.6. The predicted molar refractivity (Wildman–Crippen MR) is 105 cm³/mol. The third-order valence-corrected chi connectivity index (χ3v) is 5.69. The van der Waals surface area contributed by atoms with Crippen molar-refractivity contribution in [2.45, 2.75) is 25.7 Å².